The van der Waals surface area contributed by atoms with E-state index < -0.39 is 11.6 Å². The lowest BCUT2D eigenvalue weighted by Gasteiger charge is -2.19. The van der Waals surface area contributed by atoms with E-state index in [0.29, 0.717) is 5.02 Å². The maximum Gasteiger partial charge on any atom is 0.405 e. The first kappa shape index (κ1) is 13.0. The Labute approximate surface area is 121 Å². The van der Waals surface area contributed by atoms with Crippen molar-refractivity contribution in [1.82, 2.24) is 15.1 Å². The van der Waals surface area contributed by atoms with Gasteiger partial charge in [-0.2, -0.15) is 5.10 Å². The number of nitrogens with zero attached hydrogens (tertiary/aromatic N) is 2. The van der Waals surface area contributed by atoms with E-state index in [1.54, 1.807) is 10.7 Å². The third-order valence-corrected chi connectivity index (χ3v) is 3.82. The molecule has 1 aromatic heterocycles. The lowest BCUT2D eigenvalue weighted by atomic mass is 9.96. The fraction of sp³-hybridized carbons (Fsp3) is 0.286. The molecular formula is C14H14ClN3O2. The molecule has 1 heterocycles. The Bertz CT molecular complexity index is 677. The second-order valence-electron chi connectivity index (χ2n) is 5.08. The molecule has 1 aliphatic rings. The fourth-order valence-electron chi connectivity index (χ4n) is 2.50. The molecule has 1 fully saturated rings. The predicted octanol–water partition coefficient (Wildman–Crippen LogP) is 3.00. The zero-order chi connectivity index (χ0) is 14.3. The van der Waals surface area contributed by atoms with Crippen LogP contribution in [0.2, 0.25) is 5.02 Å². The van der Waals surface area contributed by atoms with Gasteiger partial charge >= 0.3 is 6.09 Å². The summed E-state index contributed by atoms with van der Waals surface area (Å²) in [5, 5.41) is 16.6. The molecular weight excluding hydrogens is 278 g/mol. The van der Waals surface area contributed by atoms with Gasteiger partial charge in [-0.05, 0) is 36.6 Å². The Morgan fingerprint density at radius 2 is 2.20 bits per heavy atom. The summed E-state index contributed by atoms with van der Waals surface area (Å²) < 4.78 is 1.71. The molecule has 0 radical (unpaired) electrons. The van der Waals surface area contributed by atoms with Crippen molar-refractivity contribution >= 4 is 17.7 Å². The van der Waals surface area contributed by atoms with Crippen molar-refractivity contribution in [2.45, 2.75) is 18.4 Å². The van der Waals surface area contributed by atoms with Gasteiger partial charge in [0.15, 0.2) is 0 Å². The van der Waals surface area contributed by atoms with Crippen LogP contribution < -0.4 is 5.32 Å². The van der Waals surface area contributed by atoms with Gasteiger partial charge in [0.25, 0.3) is 0 Å². The van der Waals surface area contributed by atoms with Gasteiger partial charge in [0.1, 0.15) is 0 Å². The highest BCUT2D eigenvalue weighted by molar-refractivity contribution is 6.30. The molecule has 104 valence electrons. The Hall–Kier alpha value is -2.01. The lowest BCUT2D eigenvalue weighted by Crippen LogP contribution is -2.33. The second kappa shape index (κ2) is 4.52. The van der Waals surface area contributed by atoms with E-state index in [9.17, 15) is 4.79 Å². The number of aryl methyl sites for hydroxylation is 1. The standard InChI is InChI=1S/C14H14ClN3O2/c1-18-7-4-12(17-18)10-8-9(15)2-3-11(10)14(5-6-14)16-13(19)20/h2-4,7-8,16H,5-6H2,1H3,(H,19,20). The first-order chi connectivity index (χ1) is 9.50. The van der Waals surface area contributed by atoms with Crippen LogP contribution >= 0.6 is 11.6 Å². The predicted molar refractivity (Wildman–Crippen MR) is 75.7 cm³/mol. The van der Waals surface area contributed by atoms with E-state index in [0.717, 1.165) is 29.7 Å². The fourth-order valence-corrected chi connectivity index (χ4v) is 2.67. The Kier molecular flexibility index (Phi) is 2.94. The van der Waals surface area contributed by atoms with Crippen molar-refractivity contribution in [3.63, 3.8) is 0 Å². The number of benzene rings is 1. The van der Waals surface area contributed by atoms with Crippen LogP contribution in [0.3, 0.4) is 0 Å². The van der Waals surface area contributed by atoms with Gasteiger partial charge in [-0.3, -0.25) is 4.68 Å². The van der Waals surface area contributed by atoms with Gasteiger partial charge in [0.2, 0.25) is 0 Å². The molecule has 0 bridgehead atoms. The SMILES string of the molecule is Cn1ccc(-c2cc(Cl)ccc2C2(NC(=O)O)CC2)n1. The first-order valence-corrected chi connectivity index (χ1v) is 6.69. The smallest absolute Gasteiger partial charge is 0.405 e. The van der Waals surface area contributed by atoms with E-state index in [1.807, 2.05) is 31.4 Å². The number of nitrogens with one attached hydrogen (secondary N) is 1. The minimum Gasteiger partial charge on any atom is -0.465 e. The van der Waals surface area contributed by atoms with Crippen LogP contribution in [0.15, 0.2) is 30.5 Å². The van der Waals surface area contributed by atoms with Gasteiger partial charge in [-0.1, -0.05) is 17.7 Å². The van der Waals surface area contributed by atoms with Gasteiger partial charge in [0, 0.05) is 23.8 Å². The van der Waals surface area contributed by atoms with Gasteiger partial charge in [0.05, 0.1) is 11.2 Å². The number of aromatic nitrogens is 2. The summed E-state index contributed by atoms with van der Waals surface area (Å²) in [7, 11) is 1.84. The third-order valence-electron chi connectivity index (χ3n) is 3.58. The maximum atomic E-state index is 11.0. The monoisotopic (exact) mass is 291 g/mol. The van der Waals surface area contributed by atoms with Crippen LogP contribution in [0.1, 0.15) is 18.4 Å². The largest absolute Gasteiger partial charge is 0.465 e. The average molecular weight is 292 g/mol. The van der Waals surface area contributed by atoms with Crippen LogP contribution in [0.25, 0.3) is 11.3 Å². The summed E-state index contributed by atoms with van der Waals surface area (Å²) in [6, 6.07) is 7.40. The van der Waals surface area contributed by atoms with Crippen LogP contribution in [0.5, 0.6) is 0 Å². The number of amides is 1. The number of rotatable bonds is 3. The molecule has 1 aromatic carbocycles. The number of carboxylic acid groups (broad SMARTS) is 1. The Morgan fingerprint density at radius 3 is 2.75 bits per heavy atom. The molecule has 0 saturated heterocycles. The minimum absolute atomic E-state index is 0.497. The second-order valence-corrected chi connectivity index (χ2v) is 5.51. The molecule has 1 saturated carbocycles. The van der Waals surface area contributed by atoms with Crippen LogP contribution in [0, 0.1) is 0 Å². The van der Waals surface area contributed by atoms with Crippen LogP contribution in [-0.4, -0.2) is 21.0 Å². The molecule has 0 spiro atoms. The molecule has 0 atom stereocenters. The summed E-state index contributed by atoms with van der Waals surface area (Å²) in [6.45, 7) is 0. The molecule has 20 heavy (non-hydrogen) atoms. The summed E-state index contributed by atoms with van der Waals surface area (Å²) >= 11 is 6.08. The molecule has 6 heteroatoms. The third kappa shape index (κ3) is 2.25. The van der Waals surface area contributed by atoms with Crippen molar-refractivity contribution in [2.24, 2.45) is 7.05 Å². The molecule has 1 amide bonds. The lowest BCUT2D eigenvalue weighted by molar-refractivity contribution is 0.188. The molecule has 2 N–H and O–H groups in total. The zero-order valence-electron chi connectivity index (χ0n) is 10.9. The highest BCUT2D eigenvalue weighted by Gasteiger charge is 2.47. The number of hydrogen-bond acceptors (Lipinski definition) is 2. The van der Waals surface area contributed by atoms with Crippen molar-refractivity contribution < 1.29 is 9.90 Å². The molecule has 5 nitrogen and oxygen atoms in total. The topological polar surface area (TPSA) is 67.2 Å². The first-order valence-electron chi connectivity index (χ1n) is 6.31. The van der Waals surface area contributed by atoms with Crippen molar-refractivity contribution in [2.75, 3.05) is 0 Å². The highest BCUT2D eigenvalue weighted by atomic mass is 35.5. The van der Waals surface area contributed by atoms with Gasteiger partial charge in [-0.25, -0.2) is 4.79 Å². The van der Waals surface area contributed by atoms with Crippen LogP contribution in [0.4, 0.5) is 4.79 Å². The summed E-state index contributed by atoms with van der Waals surface area (Å²) in [5.41, 5.74) is 2.11. The normalized spacial score (nSPS) is 15.9. The van der Waals surface area contributed by atoms with Crippen LogP contribution in [-0.2, 0) is 12.6 Å². The summed E-state index contributed by atoms with van der Waals surface area (Å²) in [6.07, 6.45) is 2.43. The van der Waals surface area contributed by atoms with E-state index in [1.165, 1.54) is 0 Å². The van der Waals surface area contributed by atoms with Crippen molar-refractivity contribution in [1.29, 1.82) is 0 Å². The quantitative estimate of drug-likeness (QED) is 0.913. The number of carbonyl (C=O) groups is 1. The minimum atomic E-state index is -1.01. The Morgan fingerprint density at radius 1 is 1.45 bits per heavy atom. The van der Waals surface area contributed by atoms with E-state index in [-0.39, 0.29) is 0 Å². The van der Waals surface area contributed by atoms with E-state index in [4.69, 9.17) is 16.7 Å². The van der Waals surface area contributed by atoms with E-state index >= 15 is 0 Å². The highest BCUT2D eigenvalue weighted by Crippen LogP contribution is 2.49. The number of halogens is 1. The maximum absolute atomic E-state index is 11.0. The zero-order valence-corrected chi connectivity index (χ0v) is 11.7. The average Bonchev–Trinajstić information content (AvgIpc) is 3.00. The Balaban J connectivity index is 2.10. The van der Waals surface area contributed by atoms with Crippen molar-refractivity contribution in [3.05, 3.63) is 41.0 Å². The van der Waals surface area contributed by atoms with Gasteiger partial charge < -0.3 is 10.4 Å². The van der Waals surface area contributed by atoms with Crippen molar-refractivity contribution in [3.8, 4) is 11.3 Å². The number of hydrogen-bond donors (Lipinski definition) is 2. The molecule has 2 aromatic rings. The molecule has 0 unspecified atom stereocenters. The van der Waals surface area contributed by atoms with E-state index in [2.05, 4.69) is 10.4 Å². The summed E-state index contributed by atoms with van der Waals surface area (Å²) in [4.78, 5) is 11.0. The molecule has 3 rings (SSSR count). The molecule has 0 aliphatic heterocycles. The summed E-state index contributed by atoms with van der Waals surface area (Å²) in [5.74, 6) is 0. The van der Waals surface area contributed by atoms with Gasteiger partial charge in [-0.15, -0.1) is 0 Å². The molecule has 1 aliphatic carbocycles.